The van der Waals surface area contributed by atoms with Crippen LogP contribution < -0.4 is 10.6 Å². The largest absolute Gasteiger partial charge is 0.321 e. The van der Waals surface area contributed by atoms with Crippen LogP contribution in [0.25, 0.3) is 0 Å². The molecule has 0 aliphatic rings. The third-order valence-electron chi connectivity index (χ3n) is 5.31. The molecule has 0 saturated carbocycles. The summed E-state index contributed by atoms with van der Waals surface area (Å²) in [7, 11) is 1.94. The minimum atomic E-state index is -0.0818. The molecule has 0 aliphatic heterocycles. The van der Waals surface area contributed by atoms with Gasteiger partial charge in [0.05, 0.1) is 13.6 Å². The molecule has 2 rings (SSSR count). The molecule has 0 aromatic heterocycles. The molecule has 0 atom stereocenters. The van der Waals surface area contributed by atoms with Crippen molar-refractivity contribution < 1.29 is 14.1 Å². The Morgan fingerprint density at radius 2 is 1.07 bits per heavy atom. The lowest BCUT2D eigenvalue weighted by molar-refractivity contribution is -0.892. The maximum Gasteiger partial charge on any atom is 0.279 e. The Bertz CT molecular complexity index is 766. The van der Waals surface area contributed by atoms with Crippen molar-refractivity contribution in [3.05, 3.63) is 58.7 Å². The molecule has 5 heteroatoms. The fraction of sp³-hybridized carbons (Fsp3) is 0.391. The smallest absolute Gasteiger partial charge is 0.279 e. The van der Waals surface area contributed by atoms with E-state index in [1.54, 1.807) is 0 Å². The van der Waals surface area contributed by atoms with Gasteiger partial charge >= 0.3 is 0 Å². The summed E-state index contributed by atoms with van der Waals surface area (Å²) in [5.41, 5.74) is 5.85. The molecule has 0 heterocycles. The van der Waals surface area contributed by atoms with E-state index in [2.05, 4.69) is 10.6 Å². The van der Waals surface area contributed by atoms with E-state index in [4.69, 9.17) is 0 Å². The third kappa shape index (κ3) is 5.42. The average Bonchev–Trinajstić information content (AvgIpc) is 2.61. The summed E-state index contributed by atoms with van der Waals surface area (Å²) >= 11 is 0. The first-order chi connectivity index (χ1) is 13.1. The molecule has 0 saturated heterocycles. The number of para-hydroxylation sites is 2. The van der Waals surface area contributed by atoms with E-state index in [1.807, 2.05) is 78.1 Å². The van der Waals surface area contributed by atoms with Crippen LogP contribution >= 0.6 is 0 Å². The lowest BCUT2D eigenvalue weighted by Gasteiger charge is -2.32. The first-order valence-electron chi connectivity index (χ1n) is 9.71. The van der Waals surface area contributed by atoms with Gasteiger partial charge in [0.15, 0.2) is 13.1 Å². The molecular formula is C23H32N3O2+. The number of benzene rings is 2. The number of quaternary nitrogens is 1. The molecule has 0 spiro atoms. The van der Waals surface area contributed by atoms with Crippen molar-refractivity contribution in [2.24, 2.45) is 0 Å². The maximum atomic E-state index is 12.7. The quantitative estimate of drug-likeness (QED) is 0.712. The van der Waals surface area contributed by atoms with E-state index in [9.17, 15) is 9.59 Å². The molecule has 0 radical (unpaired) electrons. The molecule has 2 amide bonds. The molecule has 2 aromatic carbocycles. The third-order valence-corrected chi connectivity index (χ3v) is 5.31. The number of hydrogen-bond acceptors (Lipinski definition) is 2. The van der Waals surface area contributed by atoms with Crippen LogP contribution in [-0.4, -0.2) is 43.0 Å². The molecule has 0 unspecified atom stereocenters. The van der Waals surface area contributed by atoms with Crippen LogP contribution in [0.5, 0.6) is 0 Å². The second-order valence-electron chi connectivity index (χ2n) is 7.88. The molecule has 0 fully saturated rings. The first kappa shape index (κ1) is 21.6. The van der Waals surface area contributed by atoms with Gasteiger partial charge in [-0.2, -0.15) is 0 Å². The number of nitrogens with zero attached hydrogens (tertiary/aromatic N) is 1. The number of nitrogens with one attached hydrogen (secondary N) is 2. The normalized spacial score (nSPS) is 11.2. The van der Waals surface area contributed by atoms with Gasteiger partial charge in [-0.05, 0) is 56.9 Å². The van der Waals surface area contributed by atoms with Crippen molar-refractivity contribution >= 4 is 23.2 Å². The lowest BCUT2D eigenvalue weighted by Crippen LogP contribution is -2.52. The number of aryl methyl sites for hydroxylation is 4. The zero-order valence-electron chi connectivity index (χ0n) is 17.8. The maximum absolute atomic E-state index is 12.7. The van der Waals surface area contributed by atoms with Crippen LogP contribution in [0.3, 0.4) is 0 Å². The van der Waals surface area contributed by atoms with E-state index in [1.165, 1.54) is 0 Å². The molecule has 5 nitrogen and oxygen atoms in total. The van der Waals surface area contributed by atoms with Gasteiger partial charge in [-0.25, -0.2) is 0 Å². The molecule has 28 heavy (non-hydrogen) atoms. The zero-order chi connectivity index (χ0) is 20.9. The van der Waals surface area contributed by atoms with Gasteiger partial charge in [0, 0.05) is 11.4 Å². The second kappa shape index (κ2) is 9.02. The van der Waals surface area contributed by atoms with Gasteiger partial charge in [0.2, 0.25) is 0 Å². The summed E-state index contributed by atoms with van der Waals surface area (Å²) in [6, 6.07) is 11.9. The highest BCUT2D eigenvalue weighted by molar-refractivity contribution is 5.95. The summed E-state index contributed by atoms with van der Waals surface area (Å²) in [5.74, 6) is -0.164. The monoisotopic (exact) mass is 382 g/mol. The number of rotatable bonds is 7. The summed E-state index contributed by atoms with van der Waals surface area (Å²) in [6.45, 7) is 11.1. The molecule has 2 N–H and O–H groups in total. The Labute approximate surface area is 168 Å². The van der Waals surface area contributed by atoms with Gasteiger partial charge in [-0.3, -0.25) is 9.59 Å². The van der Waals surface area contributed by atoms with Crippen molar-refractivity contribution in [3.8, 4) is 0 Å². The van der Waals surface area contributed by atoms with Crippen molar-refractivity contribution in [2.75, 3.05) is 37.3 Å². The number of carbonyl (C=O) groups excluding carboxylic acids is 2. The number of likely N-dealkylation sites (N-methyl/N-ethyl adjacent to an activating group) is 1. The standard InChI is InChI=1S/C23H31N3O2/c1-7-26(6,14-20(27)24-22-16(2)10-8-11-17(22)3)15-21(28)25-23-18(4)12-9-13-19(23)5/h8-13H,7,14-15H2,1-6H3,(H-,24,25,27,28)/p+1. The van der Waals surface area contributed by atoms with Crippen LogP contribution in [0.4, 0.5) is 11.4 Å². The fourth-order valence-electron chi connectivity index (χ4n) is 3.35. The van der Waals surface area contributed by atoms with E-state index < -0.39 is 0 Å². The van der Waals surface area contributed by atoms with Crippen molar-refractivity contribution in [2.45, 2.75) is 34.6 Å². The Balaban J connectivity index is 2.05. The predicted molar refractivity (Wildman–Crippen MR) is 116 cm³/mol. The van der Waals surface area contributed by atoms with E-state index in [0.717, 1.165) is 33.6 Å². The van der Waals surface area contributed by atoms with Crippen molar-refractivity contribution in [1.82, 2.24) is 0 Å². The van der Waals surface area contributed by atoms with Gasteiger partial charge in [-0.15, -0.1) is 0 Å². The second-order valence-corrected chi connectivity index (χ2v) is 7.88. The highest BCUT2D eigenvalue weighted by Crippen LogP contribution is 2.21. The zero-order valence-corrected chi connectivity index (χ0v) is 17.8. The lowest BCUT2D eigenvalue weighted by atomic mass is 10.1. The SMILES string of the molecule is CC[N+](C)(CC(=O)Nc1c(C)cccc1C)CC(=O)Nc1c(C)cccc1C. The predicted octanol–water partition coefficient (Wildman–Crippen LogP) is 3.96. The summed E-state index contributed by atoms with van der Waals surface area (Å²) in [5, 5.41) is 6.05. The van der Waals surface area contributed by atoms with Crippen LogP contribution in [0.1, 0.15) is 29.2 Å². The summed E-state index contributed by atoms with van der Waals surface area (Å²) < 4.78 is 0.341. The highest BCUT2D eigenvalue weighted by atomic mass is 16.2. The van der Waals surface area contributed by atoms with Crippen LogP contribution in [0.2, 0.25) is 0 Å². The number of hydrogen-bond donors (Lipinski definition) is 2. The van der Waals surface area contributed by atoms with Gasteiger partial charge in [0.1, 0.15) is 0 Å². The minimum Gasteiger partial charge on any atom is -0.321 e. The van der Waals surface area contributed by atoms with Crippen LogP contribution in [0, 0.1) is 27.7 Å². The highest BCUT2D eigenvalue weighted by Gasteiger charge is 2.27. The van der Waals surface area contributed by atoms with E-state index in [-0.39, 0.29) is 24.9 Å². The van der Waals surface area contributed by atoms with Gasteiger partial charge < -0.3 is 15.1 Å². The van der Waals surface area contributed by atoms with E-state index >= 15 is 0 Å². The molecule has 2 aromatic rings. The molecule has 0 bridgehead atoms. The van der Waals surface area contributed by atoms with Crippen LogP contribution in [-0.2, 0) is 9.59 Å². The Morgan fingerprint density at radius 3 is 1.36 bits per heavy atom. The number of anilines is 2. The molecule has 150 valence electrons. The Hall–Kier alpha value is -2.66. The topological polar surface area (TPSA) is 58.2 Å². The van der Waals surface area contributed by atoms with Crippen molar-refractivity contribution in [1.29, 1.82) is 0 Å². The summed E-state index contributed by atoms with van der Waals surface area (Å²) in [4.78, 5) is 25.4. The first-order valence-corrected chi connectivity index (χ1v) is 9.71. The Kier molecular flexibility index (Phi) is 6.97. The van der Waals surface area contributed by atoms with Gasteiger partial charge in [-0.1, -0.05) is 36.4 Å². The molecular weight excluding hydrogens is 350 g/mol. The van der Waals surface area contributed by atoms with E-state index in [0.29, 0.717) is 11.0 Å². The van der Waals surface area contributed by atoms with Crippen molar-refractivity contribution in [3.63, 3.8) is 0 Å². The van der Waals surface area contributed by atoms with Crippen LogP contribution in [0.15, 0.2) is 36.4 Å². The minimum absolute atomic E-state index is 0.0818. The van der Waals surface area contributed by atoms with Gasteiger partial charge in [0.25, 0.3) is 11.8 Å². The number of carbonyl (C=O) groups is 2. The summed E-state index contributed by atoms with van der Waals surface area (Å²) in [6.07, 6.45) is 0. The number of amides is 2. The Morgan fingerprint density at radius 1 is 0.750 bits per heavy atom. The fourth-order valence-corrected chi connectivity index (χ4v) is 3.35. The molecule has 0 aliphatic carbocycles. The average molecular weight is 383 g/mol.